The number of hydrogen-bond donors (Lipinski definition) is 0. The van der Waals surface area contributed by atoms with Gasteiger partial charge in [-0.3, -0.25) is 9.59 Å². The number of carbonyl (C=O) groups excluding carboxylic acids is 3. The lowest BCUT2D eigenvalue weighted by atomic mass is 9.95. The van der Waals surface area contributed by atoms with E-state index in [9.17, 15) is 14.4 Å². The Morgan fingerprint density at radius 2 is 1.71 bits per heavy atom. The largest absolute Gasteiger partial charge is 0.363 e. The summed E-state index contributed by atoms with van der Waals surface area (Å²) in [6, 6.07) is 11.6. The zero-order chi connectivity index (χ0) is 16.7. The van der Waals surface area contributed by atoms with Crippen molar-refractivity contribution >= 4 is 23.9 Å². The van der Waals surface area contributed by atoms with Crippen molar-refractivity contribution < 1.29 is 19.2 Å². The van der Waals surface area contributed by atoms with Crippen molar-refractivity contribution in [3.8, 4) is 0 Å². The van der Waals surface area contributed by atoms with Gasteiger partial charge in [0.05, 0.1) is 16.7 Å². The highest BCUT2D eigenvalue weighted by Crippen LogP contribution is 2.25. The summed E-state index contributed by atoms with van der Waals surface area (Å²) in [6.07, 6.45) is 5.86. The number of fused-ring (bicyclic) bond motifs is 2. The van der Waals surface area contributed by atoms with Gasteiger partial charge in [-0.25, -0.2) is 4.79 Å². The Morgan fingerprint density at radius 1 is 1.00 bits per heavy atom. The summed E-state index contributed by atoms with van der Waals surface area (Å²) < 4.78 is 0. The lowest BCUT2D eigenvalue weighted by Crippen LogP contribution is -2.32. The van der Waals surface area contributed by atoms with E-state index in [4.69, 9.17) is 4.84 Å². The Morgan fingerprint density at radius 3 is 2.42 bits per heavy atom. The van der Waals surface area contributed by atoms with Crippen LogP contribution in [-0.2, 0) is 11.3 Å². The molecule has 5 heteroatoms. The molecule has 0 bridgehead atoms. The van der Waals surface area contributed by atoms with Crippen molar-refractivity contribution in [2.75, 3.05) is 0 Å². The van der Waals surface area contributed by atoms with Crippen LogP contribution in [0.3, 0.4) is 0 Å². The molecule has 0 saturated heterocycles. The van der Waals surface area contributed by atoms with Crippen LogP contribution in [0.2, 0.25) is 0 Å². The molecule has 0 N–H and O–H groups in total. The SMILES string of the molecule is O=C(ON1C(=O)c2ccccc2C1=O)c1ccc2c(c1)CCC=C2. The molecule has 1 heterocycles. The molecule has 0 atom stereocenters. The molecule has 0 saturated carbocycles. The zero-order valence-electron chi connectivity index (χ0n) is 12.7. The predicted octanol–water partition coefficient (Wildman–Crippen LogP) is 3.01. The molecule has 1 aliphatic carbocycles. The summed E-state index contributed by atoms with van der Waals surface area (Å²) in [5.41, 5.74) is 2.92. The quantitative estimate of drug-likeness (QED) is 0.798. The summed E-state index contributed by atoms with van der Waals surface area (Å²) in [6.45, 7) is 0. The van der Waals surface area contributed by atoms with E-state index in [1.165, 1.54) is 12.1 Å². The Labute approximate surface area is 138 Å². The van der Waals surface area contributed by atoms with Gasteiger partial charge in [0, 0.05) is 0 Å². The minimum Gasteiger partial charge on any atom is -0.324 e. The number of hydroxylamine groups is 2. The Balaban J connectivity index is 1.58. The number of benzene rings is 2. The number of aryl methyl sites for hydroxylation is 1. The van der Waals surface area contributed by atoms with Gasteiger partial charge in [-0.05, 0) is 48.2 Å². The molecule has 2 aliphatic rings. The van der Waals surface area contributed by atoms with Crippen LogP contribution in [0.15, 0.2) is 48.5 Å². The minimum absolute atomic E-state index is 0.242. The van der Waals surface area contributed by atoms with Crippen molar-refractivity contribution in [2.45, 2.75) is 12.8 Å². The van der Waals surface area contributed by atoms with Crippen molar-refractivity contribution in [1.29, 1.82) is 0 Å². The first-order valence-corrected chi connectivity index (χ1v) is 7.65. The maximum Gasteiger partial charge on any atom is 0.363 e. The van der Waals surface area contributed by atoms with Crippen LogP contribution in [0.5, 0.6) is 0 Å². The van der Waals surface area contributed by atoms with Crippen LogP contribution < -0.4 is 0 Å². The third kappa shape index (κ3) is 2.22. The van der Waals surface area contributed by atoms with E-state index in [-0.39, 0.29) is 11.1 Å². The molecule has 0 unspecified atom stereocenters. The molecule has 0 spiro atoms. The van der Waals surface area contributed by atoms with Crippen LogP contribution in [0.4, 0.5) is 0 Å². The van der Waals surface area contributed by atoms with Gasteiger partial charge in [-0.15, -0.1) is 0 Å². The van der Waals surface area contributed by atoms with Gasteiger partial charge in [0.1, 0.15) is 0 Å². The molecule has 1 aliphatic heterocycles. The van der Waals surface area contributed by atoms with Gasteiger partial charge < -0.3 is 4.84 Å². The molecule has 0 aromatic heterocycles. The highest BCUT2D eigenvalue weighted by molar-refractivity contribution is 6.21. The molecule has 118 valence electrons. The summed E-state index contributed by atoms with van der Waals surface area (Å²) >= 11 is 0. The summed E-state index contributed by atoms with van der Waals surface area (Å²) in [7, 11) is 0. The summed E-state index contributed by atoms with van der Waals surface area (Å²) in [4.78, 5) is 41.9. The van der Waals surface area contributed by atoms with Gasteiger partial charge in [0.15, 0.2) is 0 Å². The molecule has 4 rings (SSSR count). The minimum atomic E-state index is -0.721. The smallest absolute Gasteiger partial charge is 0.324 e. The fraction of sp³-hybridized carbons (Fsp3) is 0.105. The monoisotopic (exact) mass is 319 g/mol. The lowest BCUT2D eigenvalue weighted by Gasteiger charge is -2.14. The van der Waals surface area contributed by atoms with E-state index < -0.39 is 17.8 Å². The average molecular weight is 319 g/mol. The normalized spacial score (nSPS) is 15.2. The van der Waals surface area contributed by atoms with Crippen LogP contribution in [0, 0.1) is 0 Å². The number of allylic oxidation sites excluding steroid dienone is 1. The highest BCUT2D eigenvalue weighted by atomic mass is 16.7. The van der Waals surface area contributed by atoms with Crippen LogP contribution in [-0.4, -0.2) is 22.8 Å². The molecule has 2 aromatic rings. The fourth-order valence-corrected chi connectivity index (χ4v) is 2.95. The molecule has 2 amide bonds. The number of nitrogens with zero attached hydrogens (tertiary/aromatic N) is 1. The first-order chi connectivity index (χ1) is 11.6. The van der Waals surface area contributed by atoms with Crippen molar-refractivity contribution in [3.63, 3.8) is 0 Å². The molecular weight excluding hydrogens is 306 g/mol. The van der Waals surface area contributed by atoms with Gasteiger partial charge in [0.2, 0.25) is 0 Å². The number of amides is 2. The fourth-order valence-electron chi connectivity index (χ4n) is 2.95. The van der Waals surface area contributed by atoms with E-state index >= 15 is 0 Å². The second-order valence-corrected chi connectivity index (χ2v) is 5.68. The van der Waals surface area contributed by atoms with E-state index in [0.29, 0.717) is 10.6 Å². The number of carbonyl (C=O) groups is 3. The van der Waals surface area contributed by atoms with E-state index in [1.54, 1.807) is 24.3 Å². The van der Waals surface area contributed by atoms with Gasteiger partial charge in [-0.1, -0.05) is 35.4 Å². The third-order valence-electron chi connectivity index (χ3n) is 4.19. The number of hydrogen-bond acceptors (Lipinski definition) is 4. The van der Waals surface area contributed by atoms with Gasteiger partial charge in [-0.2, -0.15) is 0 Å². The maximum absolute atomic E-state index is 12.3. The third-order valence-corrected chi connectivity index (χ3v) is 4.19. The van der Waals surface area contributed by atoms with Crippen molar-refractivity contribution in [2.24, 2.45) is 0 Å². The Kier molecular flexibility index (Phi) is 3.27. The standard InChI is InChI=1S/C19H13NO4/c21-17-15-7-3-4-8-16(15)18(22)20(17)24-19(23)14-10-9-12-5-1-2-6-13(12)11-14/h1,3-5,7-11H,2,6H2. The van der Waals surface area contributed by atoms with E-state index in [2.05, 4.69) is 6.08 Å². The van der Waals surface area contributed by atoms with Gasteiger partial charge in [0.25, 0.3) is 11.8 Å². The molecule has 24 heavy (non-hydrogen) atoms. The van der Waals surface area contributed by atoms with Crippen LogP contribution in [0.1, 0.15) is 48.6 Å². The second-order valence-electron chi connectivity index (χ2n) is 5.68. The Bertz CT molecular complexity index is 878. The maximum atomic E-state index is 12.3. The van der Waals surface area contributed by atoms with Crippen LogP contribution in [0.25, 0.3) is 6.08 Å². The molecule has 0 radical (unpaired) electrons. The first kappa shape index (κ1) is 14.4. The van der Waals surface area contributed by atoms with Crippen molar-refractivity contribution in [1.82, 2.24) is 5.06 Å². The number of rotatable bonds is 2. The second kappa shape index (κ2) is 5.45. The predicted molar refractivity (Wildman–Crippen MR) is 86.2 cm³/mol. The van der Waals surface area contributed by atoms with Crippen LogP contribution >= 0.6 is 0 Å². The lowest BCUT2D eigenvalue weighted by molar-refractivity contribution is -0.0584. The average Bonchev–Trinajstić information content (AvgIpc) is 2.86. The molecule has 0 fully saturated rings. The topological polar surface area (TPSA) is 63.7 Å². The zero-order valence-corrected chi connectivity index (χ0v) is 12.7. The highest BCUT2D eigenvalue weighted by Gasteiger charge is 2.38. The summed E-state index contributed by atoms with van der Waals surface area (Å²) in [5, 5.41) is 0.534. The van der Waals surface area contributed by atoms with E-state index in [1.807, 2.05) is 12.1 Å². The van der Waals surface area contributed by atoms with Gasteiger partial charge >= 0.3 is 5.97 Å². The van der Waals surface area contributed by atoms with E-state index in [0.717, 1.165) is 24.0 Å². The molecule has 2 aromatic carbocycles. The summed E-state index contributed by atoms with van der Waals surface area (Å²) in [5.74, 6) is -1.96. The number of imide groups is 1. The first-order valence-electron chi connectivity index (χ1n) is 7.65. The molecule has 5 nitrogen and oxygen atoms in total. The molecular formula is C19H13NO4. The Hall–Kier alpha value is -3.21. The van der Waals surface area contributed by atoms with Crippen molar-refractivity contribution in [3.05, 3.63) is 76.4 Å².